The molecule has 0 aliphatic heterocycles. The van der Waals surface area contributed by atoms with E-state index in [-0.39, 0.29) is 24.7 Å². The number of methoxy groups -OCH3 is 1. The van der Waals surface area contributed by atoms with Crippen LogP contribution in [0.1, 0.15) is 19.4 Å². The standard InChI is InChI=1S/C29H28FN5O6S/c1-15-7-20(27-23(8-15)33-26(39-4)14-32-27)28-34-22-10-21(30)24(11-25(22)42-28)41-17(3)16(2)35(29(37)38)18-9-19(13-31-12-18)40-6-5-36/h7-14,16-17,36H,5-6H2,1-4H3,(H,37,38)/t16-,17+/m1/s1. The number of rotatable bonds is 10. The van der Waals surface area contributed by atoms with Gasteiger partial charge in [-0.25, -0.2) is 24.1 Å². The second-order valence-electron chi connectivity index (χ2n) is 9.53. The zero-order valence-electron chi connectivity index (χ0n) is 23.2. The van der Waals surface area contributed by atoms with Gasteiger partial charge in [0.25, 0.3) is 0 Å². The number of aliphatic hydroxyl groups excluding tert-OH is 1. The van der Waals surface area contributed by atoms with Crippen molar-refractivity contribution in [3.63, 3.8) is 0 Å². The molecule has 0 spiro atoms. The van der Waals surface area contributed by atoms with E-state index in [1.807, 2.05) is 19.1 Å². The Labute approximate surface area is 244 Å². The van der Waals surface area contributed by atoms with E-state index in [0.717, 1.165) is 16.0 Å². The number of amides is 1. The quantitative estimate of drug-likeness (QED) is 0.214. The van der Waals surface area contributed by atoms with Gasteiger partial charge in [0.2, 0.25) is 5.88 Å². The summed E-state index contributed by atoms with van der Waals surface area (Å²) in [6.45, 7) is 5.10. The van der Waals surface area contributed by atoms with E-state index in [4.69, 9.17) is 19.3 Å². The van der Waals surface area contributed by atoms with Gasteiger partial charge in [0.05, 0.1) is 65.3 Å². The summed E-state index contributed by atoms with van der Waals surface area (Å²) in [4.78, 5) is 31.0. The number of aryl methyl sites for hydroxylation is 1. The molecule has 2 N–H and O–H groups in total. The van der Waals surface area contributed by atoms with Crippen molar-refractivity contribution in [3.05, 3.63) is 60.3 Å². The van der Waals surface area contributed by atoms with E-state index < -0.39 is 24.1 Å². The third kappa shape index (κ3) is 5.87. The van der Waals surface area contributed by atoms with Crippen molar-refractivity contribution in [2.24, 2.45) is 0 Å². The highest BCUT2D eigenvalue weighted by Crippen LogP contribution is 2.37. The predicted molar refractivity (Wildman–Crippen MR) is 156 cm³/mol. The van der Waals surface area contributed by atoms with E-state index in [1.165, 1.54) is 49.2 Å². The minimum absolute atomic E-state index is 0.0285. The first-order chi connectivity index (χ1) is 20.2. The number of nitrogens with zero attached hydrogens (tertiary/aromatic N) is 5. The van der Waals surface area contributed by atoms with Gasteiger partial charge in [-0.15, -0.1) is 11.3 Å². The first kappa shape index (κ1) is 28.9. The molecule has 5 rings (SSSR count). The van der Waals surface area contributed by atoms with E-state index >= 15 is 4.39 Å². The van der Waals surface area contributed by atoms with Gasteiger partial charge >= 0.3 is 6.09 Å². The van der Waals surface area contributed by atoms with Gasteiger partial charge in [0, 0.05) is 23.8 Å². The summed E-state index contributed by atoms with van der Waals surface area (Å²) in [5.74, 6) is 0.0488. The van der Waals surface area contributed by atoms with E-state index in [2.05, 4.69) is 19.9 Å². The van der Waals surface area contributed by atoms with Crippen LogP contribution in [-0.2, 0) is 0 Å². The summed E-state index contributed by atoms with van der Waals surface area (Å²) in [6.07, 6.45) is 2.34. The zero-order chi connectivity index (χ0) is 30.0. The number of halogens is 1. The molecular weight excluding hydrogens is 565 g/mol. The molecule has 0 saturated heterocycles. The van der Waals surface area contributed by atoms with Gasteiger partial charge in [0.1, 0.15) is 23.5 Å². The largest absolute Gasteiger partial charge is 0.490 e. The van der Waals surface area contributed by atoms with Crippen molar-refractivity contribution >= 4 is 44.4 Å². The minimum Gasteiger partial charge on any atom is -0.490 e. The van der Waals surface area contributed by atoms with Crippen LogP contribution in [-0.4, -0.2) is 68.7 Å². The molecule has 0 radical (unpaired) electrons. The first-order valence-electron chi connectivity index (χ1n) is 13.0. The summed E-state index contributed by atoms with van der Waals surface area (Å²) in [6, 6.07) is 7.50. The monoisotopic (exact) mass is 593 g/mol. The fraction of sp³-hybridized carbons (Fsp3) is 0.276. The number of aliphatic hydroxyl groups is 1. The van der Waals surface area contributed by atoms with Crippen molar-refractivity contribution in [2.75, 3.05) is 25.2 Å². The molecule has 5 aromatic rings. The third-order valence-corrected chi connectivity index (χ3v) is 7.64. The number of anilines is 1. The van der Waals surface area contributed by atoms with Crippen LogP contribution in [0.3, 0.4) is 0 Å². The number of fused-ring (bicyclic) bond motifs is 2. The maximum absolute atomic E-state index is 15.2. The molecule has 2 atom stereocenters. The molecule has 11 nitrogen and oxygen atoms in total. The predicted octanol–water partition coefficient (Wildman–Crippen LogP) is 5.47. The van der Waals surface area contributed by atoms with Crippen LogP contribution in [0.5, 0.6) is 17.4 Å². The molecule has 3 aromatic heterocycles. The summed E-state index contributed by atoms with van der Waals surface area (Å²) in [5, 5.41) is 19.6. The first-order valence-corrected chi connectivity index (χ1v) is 13.8. The number of hydrogen-bond donors (Lipinski definition) is 2. The molecule has 3 heterocycles. The number of benzene rings is 2. The fourth-order valence-corrected chi connectivity index (χ4v) is 5.45. The molecule has 1 amide bonds. The number of ether oxygens (including phenoxy) is 3. The summed E-state index contributed by atoms with van der Waals surface area (Å²) >= 11 is 1.36. The molecule has 0 aliphatic rings. The second-order valence-corrected chi connectivity index (χ2v) is 10.6. The second kappa shape index (κ2) is 12.1. The molecule has 0 unspecified atom stereocenters. The van der Waals surface area contributed by atoms with Crippen LogP contribution in [0, 0.1) is 12.7 Å². The van der Waals surface area contributed by atoms with Gasteiger partial charge in [-0.2, -0.15) is 0 Å². The van der Waals surface area contributed by atoms with Gasteiger partial charge in [0.15, 0.2) is 11.6 Å². The lowest BCUT2D eigenvalue weighted by Gasteiger charge is -2.31. The van der Waals surface area contributed by atoms with Gasteiger partial charge < -0.3 is 24.4 Å². The van der Waals surface area contributed by atoms with Crippen molar-refractivity contribution in [1.82, 2.24) is 19.9 Å². The highest BCUT2D eigenvalue weighted by molar-refractivity contribution is 7.21. The van der Waals surface area contributed by atoms with Crippen molar-refractivity contribution in [2.45, 2.75) is 32.9 Å². The number of carbonyl (C=O) groups is 1. The van der Waals surface area contributed by atoms with Crippen LogP contribution in [0.4, 0.5) is 14.9 Å². The molecule has 2 aromatic carbocycles. The highest BCUT2D eigenvalue weighted by Gasteiger charge is 2.29. The smallest absolute Gasteiger partial charge is 0.412 e. The highest BCUT2D eigenvalue weighted by atomic mass is 32.1. The average molecular weight is 594 g/mol. The molecule has 0 saturated carbocycles. The summed E-state index contributed by atoms with van der Waals surface area (Å²) in [7, 11) is 1.53. The number of carboxylic acid groups (broad SMARTS) is 1. The SMILES string of the molecule is COc1cnc2c(-c3nc4cc(F)c(O[C@@H](C)[C@@H](C)N(C(=O)O)c5cncc(OCCO)c5)cc4s3)cc(C)cc2n1. The molecule has 0 aliphatic carbocycles. The molecular formula is C29H28FN5O6S. The Morgan fingerprint density at radius 3 is 2.64 bits per heavy atom. The molecule has 13 heteroatoms. The normalized spacial score (nSPS) is 12.7. The number of pyridine rings is 1. The van der Waals surface area contributed by atoms with Crippen LogP contribution >= 0.6 is 11.3 Å². The minimum atomic E-state index is -1.24. The molecule has 42 heavy (non-hydrogen) atoms. The Morgan fingerprint density at radius 2 is 1.90 bits per heavy atom. The Kier molecular flexibility index (Phi) is 8.31. The van der Waals surface area contributed by atoms with Crippen LogP contribution in [0.15, 0.2) is 48.9 Å². The van der Waals surface area contributed by atoms with Crippen LogP contribution in [0.25, 0.3) is 31.8 Å². The Morgan fingerprint density at radius 1 is 1.10 bits per heavy atom. The molecule has 0 bridgehead atoms. The number of hydrogen-bond acceptors (Lipinski definition) is 10. The van der Waals surface area contributed by atoms with Gasteiger partial charge in [-0.3, -0.25) is 9.88 Å². The summed E-state index contributed by atoms with van der Waals surface area (Å²) in [5.41, 5.74) is 3.73. The zero-order valence-corrected chi connectivity index (χ0v) is 24.1. The maximum Gasteiger partial charge on any atom is 0.412 e. The Balaban J connectivity index is 1.43. The van der Waals surface area contributed by atoms with Gasteiger partial charge in [-0.1, -0.05) is 0 Å². The van der Waals surface area contributed by atoms with E-state index in [1.54, 1.807) is 19.9 Å². The van der Waals surface area contributed by atoms with Crippen LogP contribution in [0.2, 0.25) is 0 Å². The van der Waals surface area contributed by atoms with E-state index in [9.17, 15) is 9.90 Å². The fourth-order valence-electron chi connectivity index (χ4n) is 4.45. The lowest BCUT2D eigenvalue weighted by Crippen LogP contribution is -2.46. The lowest BCUT2D eigenvalue weighted by molar-refractivity contribution is 0.166. The Bertz CT molecular complexity index is 1770. The maximum atomic E-state index is 15.2. The van der Waals surface area contributed by atoms with E-state index in [0.29, 0.717) is 37.9 Å². The molecule has 218 valence electrons. The number of aromatic nitrogens is 4. The number of thiazole rings is 1. The summed E-state index contributed by atoms with van der Waals surface area (Å²) < 4.78 is 32.5. The van der Waals surface area contributed by atoms with Crippen molar-refractivity contribution in [1.29, 1.82) is 0 Å². The van der Waals surface area contributed by atoms with Gasteiger partial charge in [-0.05, 0) is 38.5 Å². The van der Waals surface area contributed by atoms with Crippen molar-refractivity contribution < 1.29 is 33.6 Å². The average Bonchev–Trinajstić information content (AvgIpc) is 3.37. The third-order valence-electron chi connectivity index (χ3n) is 6.59. The Hall–Kier alpha value is -4.62. The van der Waals surface area contributed by atoms with Crippen LogP contribution < -0.4 is 19.1 Å². The topological polar surface area (TPSA) is 140 Å². The molecule has 0 fully saturated rings. The lowest BCUT2D eigenvalue weighted by atomic mass is 10.1. The van der Waals surface area contributed by atoms with Crippen molar-refractivity contribution in [3.8, 4) is 28.0 Å².